The zero-order valence-electron chi connectivity index (χ0n) is 16.3. The van der Waals surface area contributed by atoms with E-state index in [1.807, 2.05) is 0 Å². The standard InChI is InChI=1S/C22H16FN3O4S/c1-3-8-26-20(28)14-6-4-13(9-15(14)21(26)29)19(27)25-22-24-17(11-31-22)12-5-7-18(30-2)16(23)10-12/h3-7,9-11H,1,8H2,2H3,(H,24,25,27). The summed E-state index contributed by atoms with van der Waals surface area (Å²) < 4.78 is 18.8. The Hall–Kier alpha value is -3.85. The van der Waals surface area contributed by atoms with Crippen molar-refractivity contribution in [3.05, 3.63) is 76.9 Å². The Morgan fingerprint density at radius 2 is 2.00 bits per heavy atom. The predicted molar refractivity (Wildman–Crippen MR) is 114 cm³/mol. The van der Waals surface area contributed by atoms with Crippen LogP contribution in [0, 0.1) is 5.82 Å². The Kier molecular flexibility index (Phi) is 5.35. The van der Waals surface area contributed by atoms with Gasteiger partial charge in [-0.15, -0.1) is 17.9 Å². The van der Waals surface area contributed by atoms with E-state index in [1.54, 1.807) is 11.4 Å². The maximum Gasteiger partial charge on any atom is 0.261 e. The van der Waals surface area contributed by atoms with Crippen LogP contribution in [-0.4, -0.2) is 41.3 Å². The zero-order chi connectivity index (χ0) is 22.1. The summed E-state index contributed by atoms with van der Waals surface area (Å²) in [5.41, 5.74) is 1.68. The summed E-state index contributed by atoms with van der Waals surface area (Å²) >= 11 is 1.18. The second kappa shape index (κ2) is 8.11. The van der Waals surface area contributed by atoms with Crippen LogP contribution in [0.5, 0.6) is 5.75 Å². The maximum absolute atomic E-state index is 13.9. The molecule has 0 spiro atoms. The zero-order valence-corrected chi connectivity index (χ0v) is 17.2. The smallest absolute Gasteiger partial charge is 0.261 e. The first kappa shape index (κ1) is 20.4. The molecule has 0 atom stereocenters. The molecular weight excluding hydrogens is 421 g/mol. The monoisotopic (exact) mass is 437 g/mol. The number of anilines is 1. The molecule has 4 rings (SSSR count). The number of ether oxygens (including phenoxy) is 1. The number of nitrogens with one attached hydrogen (secondary N) is 1. The molecule has 1 aliphatic rings. The highest BCUT2D eigenvalue weighted by atomic mass is 32.1. The van der Waals surface area contributed by atoms with Crippen LogP contribution in [-0.2, 0) is 0 Å². The maximum atomic E-state index is 13.9. The molecule has 7 nitrogen and oxygen atoms in total. The summed E-state index contributed by atoms with van der Waals surface area (Å²) in [6, 6.07) is 8.80. The van der Waals surface area contributed by atoms with Gasteiger partial charge < -0.3 is 4.74 Å². The highest BCUT2D eigenvalue weighted by Gasteiger charge is 2.35. The molecule has 0 saturated heterocycles. The van der Waals surface area contributed by atoms with Crippen LogP contribution in [0.25, 0.3) is 11.3 Å². The third-order valence-corrected chi connectivity index (χ3v) is 5.47. The lowest BCUT2D eigenvalue weighted by atomic mass is 10.1. The third kappa shape index (κ3) is 3.71. The normalized spacial score (nSPS) is 12.6. The number of halogens is 1. The fourth-order valence-electron chi connectivity index (χ4n) is 3.19. The van der Waals surface area contributed by atoms with E-state index in [9.17, 15) is 18.8 Å². The van der Waals surface area contributed by atoms with Crippen LogP contribution in [0.1, 0.15) is 31.1 Å². The second-order valence-corrected chi connectivity index (χ2v) is 7.47. The average Bonchev–Trinajstić information content (AvgIpc) is 3.32. The number of amides is 3. The number of hydrogen-bond acceptors (Lipinski definition) is 6. The summed E-state index contributed by atoms with van der Waals surface area (Å²) in [5, 5.41) is 4.66. The van der Waals surface area contributed by atoms with Crippen molar-refractivity contribution < 1.29 is 23.5 Å². The Labute approximate surface area is 180 Å². The van der Waals surface area contributed by atoms with E-state index in [0.717, 1.165) is 4.90 Å². The van der Waals surface area contributed by atoms with Gasteiger partial charge in [-0.3, -0.25) is 24.6 Å². The van der Waals surface area contributed by atoms with Crippen LogP contribution < -0.4 is 10.1 Å². The number of imide groups is 1. The molecule has 2 heterocycles. The van der Waals surface area contributed by atoms with Gasteiger partial charge in [0.25, 0.3) is 17.7 Å². The van der Waals surface area contributed by atoms with Gasteiger partial charge in [0.05, 0.1) is 23.9 Å². The van der Waals surface area contributed by atoms with Crippen molar-refractivity contribution in [1.29, 1.82) is 0 Å². The lowest BCUT2D eigenvalue weighted by Crippen LogP contribution is -2.29. The predicted octanol–water partition coefficient (Wildman–Crippen LogP) is 3.99. The van der Waals surface area contributed by atoms with Crippen LogP contribution in [0.2, 0.25) is 0 Å². The molecule has 0 fully saturated rings. The minimum Gasteiger partial charge on any atom is -0.494 e. The first-order valence-electron chi connectivity index (χ1n) is 9.15. The van der Waals surface area contributed by atoms with E-state index in [0.29, 0.717) is 16.4 Å². The van der Waals surface area contributed by atoms with Gasteiger partial charge in [-0.2, -0.15) is 0 Å². The number of nitrogens with zero attached hydrogens (tertiary/aromatic N) is 2. The van der Waals surface area contributed by atoms with Gasteiger partial charge in [-0.05, 0) is 36.4 Å². The van der Waals surface area contributed by atoms with E-state index < -0.39 is 23.5 Å². The molecule has 1 aromatic heterocycles. The fraction of sp³-hybridized carbons (Fsp3) is 0.0909. The summed E-state index contributed by atoms with van der Waals surface area (Å²) in [6.45, 7) is 3.64. The van der Waals surface area contributed by atoms with Crippen molar-refractivity contribution >= 4 is 34.2 Å². The SMILES string of the molecule is C=CCN1C(=O)c2ccc(C(=O)Nc3nc(-c4ccc(OC)c(F)c4)cs3)cc2C1=O. The lowest BCUT2D eigenvalue weighted by Gasteiger charge is -2.09. The van der Waals surface area contributed by atoms with Gasteiger partial charge in [0.2, 0.25) is 0 Å². The fourth-order valence-corrected chi connectivity index (χ4v) is 3.90. The Bertz CT molecular complexity index is 1240. The van der Waals surface area contributed by atoms with Crippen molar-refractivity contribution in [2.75, 3.05) is 19.0 Å². The minimum atomic E-state index is -0.513. The number of rotatable bonds is 6. The molecule has 2 aromatic carbocycles. The minimum absolute atomic E-state index is 0.0989. The van der Waals surface area contributed by atoms with Gasteiger partial charge in [0, 0.05) is 23.1 Å². The number of carbonyl (C=O) groups excluding carboxylic acids is 3. The van der Waals surface area contributed by atoms with Gasteiger partial charge in [-0.1, -0.05) is 6.08 Å². The van der Waals surface area contributed by atoms with Crippen molar-refractivity contribution in [1.82, 2.24) is 9.88 Å². The molecule has 0 saturated carbocycles. The molecule has 0 unspecified atom stereocenters. The number of carbonyl (C=O) groups is 3. The van der Waals surface area contributed by atoms with E-state index in [-0.39, 0.29) is 29.0 Å². The number of fused-ring (bicyclic) bond motifs is 1. The quantitative estimate of drug-likeness (QED) is 0.465. The number of methoxy groups -OCH3 is 1. The van der Waals surface area contributed by atoms with Crippen molar-refractivity contribution in [2.45, 2.75) is 0 Å². The average molecular weight is 437 g/mol. The van der Waals surface area contributed by atoms with E-state index in [1.165, 1.54) is 54.9 Å². The van der Waals surface area contributed by atoms with Crippen molar-refractivity contribution in [3.63, 3.8) is 0 Å². The Morgan fingerprint density at radius 3 is 2.71 bits per heavy atom. The molecule has 9 heteroatoms. The van der Waals surface area contributed by atoms with E-state index in [4.69, 9.17) is 4.74 Å². The summed E-state index contributed by atoms with van der Waals surface area (Å²) in [4.78, 5) is 42.8. The topological polar surface area (TPSA) is 88.6 Å². The van der Waals surface area contributed by atoms with E-state index in [2.05, 4.69) is 16.9 Å². The molecular formula is C22H16FN3O4S. The van der Waals surface area contributed by atoms with Crippen LogP contribution in [0.3, 0.4) is 0 Å². The molecule has 3 amide bonds. The largest absolute Gasteiger partial charge is 0.494 e. The highest BCUT2D eigenvalue weighted by Crippen LogP contribution is 2.29. The third-order valence-electron chi connectivity index (χ3n) is 4.72. The van der Waals surface area contributed by atoms with E-state index >= 15 is 0 Å². The van der Waals surface area contributed by atoms with Crippen LogP contribution in [0.4, 0.5) is 9.52 Å². The molecule has 0 radical (unpaired) electrons. The summed E-state index contributed by atoms with van der Waals surface area (Å²) in [5.74, 6) is -1.74. The number of thiazole rings is 1. The van der Waals surface area contributed by atoms with Gasteiger partial charge in [0.15, 0.2) is 16.7 Å². The van der Waals surface area contributed by atoms with Crippen molar-refractivity contribution in [3.8, 4) is 17.0 Å². The van der Waals surface area contributed by atoms with Crippen LogP contribution in [0.15, 0.2) is 54.4 Å². The van der Waals surface area contributed by atoms with Gasteiger partial charge >= 0.3 is 0 Å². The van der Waals surface area contributed by atoms with Gasteiger partial charge in [0.1, 0.15) is 0 Å². The van der Waals surface area contributed by atoms with Crippen molar-refractivity contribution in [2.24, 2.45) is 0 Å². The number of aromatic nitrogens is 1. The van der Waals surface area contributed by atoms with Crippen LogP contribution >= 0.6 is 11.3 Å². The summed E-state index contributed by atoms with van der Waals surface area (Å²) in [7, 11) is 1.38. The second-order valence-electron chi connectivity index (χ2n) is 6.61. The van der Waals surface area contributed by atoms with Gasteiger partial charge in [-0.25, -0.2) is 9.37 Å². The first-order chi connectivity index (χ1) is 14.9. The highest BCUT2D eigenvalue weighted by molar-refractivity contribution is 7.14. The first-order valence-corrected chi connectivity index (χ1v) is 10.0. The molecule has 156 valence electrons. The molecule has 1 aliphatic heterocycles. The molecule has 0 aliphatic carbocycles. The molecule has 3 aromatic rings. The number of hydrogen-bond donors (Lipinski definition) is 1. The molecule has 31 heavy (non-hydrogen) atoms. The Balaban J connectivity index is 1.53. The molecule has 1 N–H and O–H groups in total. The molecule has 0 bridgehead atoms. The number of benzene rings is 2. The Morgan fingerprint density at radius 1 is 1.23 bits per heavy atom. The summed E-state index contributed by atoms with van der Waals surface area (Å²) in [6.07, 6.45) is 1.46. The lowest BCUT2D eigenvalue weighted by molar-refractivity contribution is 0.0672.